The maximum absolute atomic E-state index is 6.89. The molecule has 1 fully saturated rings. The zero-order valence-electron chi connectivity index (χ0n) is 16.6. The van der Waals surface area contributed by atoms with E-state index in [1.807, 2.05) is 0 Å². The van der Waals surface area contributed by atoms with E-state index in [1.54, 1.807) is 11.3 Å². The SMILES string of the molecule is c1ccc([C@@H]2C3=C(CCCC3)N3c4ccccc4CO[C@@]34CCCC[C@@H]24)cc1. The summed E-state index contributed by atoms with van der Waals surface area (Å²) in [5, 5.41) is 0. The second kappa shape index (κ2) is 6.49. The van der Waals surface area contributed by atoms with Crippen LogP contribution in [0.2, 0.25) is 0 Å². The largest absolute Gasteiger partial charge is 0.350 e. The van der Waals surface area contributed by atoms with Crippen LogP contribution >= 0.6 is 0 Å². The van der Waals surface area contributed by atoms with Crippen molar-refractivity contribution in [2.45, 2.75) is 69.6 Å². The molecule has 4 aliphatic rings. The van der Waals surface area contributed by atoms with Gasteiger partial charge in [0.05, 0.1) is 6.61 Å². The first-order chi connectivity index (χ1) is 13.9. The molecule has 2 aromatic carbocycles. The number of nitrogens with zero attached hydrogens (tertiary/aromatic N) is 1. The minimum Gasteiger partial charge on any atom is -0.350 e. The van der Waals surface area contributed by atoms with Crippen molar-refractivity contribution >= 4 is 5.69 Å². The Labute approximate surface area is 168 Å². The van der Waals surface area contributed by atoms with E-state index >= 15 is 0 Å². The van der Waals surface area contributed by atoms with Gasteiger partial charge in [-0.2, -0.15) is 0 Å². The topological polar surface area (TPSA) is 12.5 Å². The summed E-state index contributed by atoms with van der Waals surface area (Å²) >= 11 is 0. The summed E-state index contributed by atoms with van der Waals surface area (Å²) in [5.74, 6) is 1.08. The van der Waals surface area contributed by atoms with Crippen LogP contribution in [0.5, 0.6) is 0 Å². The number of hydrogen-bond acceptors (Lipinski definition) is 2. The molecule has 2 heteroatoms. The van der Waals surface area contributed by atoms with Gasteiger partial charge >= 0.3 is 0 Å². The number of anilines is 1. The molecule has 2 heterocycles. The first kappa shape index (κ1) is 16.9. The van der Waals surface area contributed by atoms with Gasteiger partial charge in [0, 0.05) is 28.8 Å². The summed E-state index contributed by atoms with van der Waals surface area (Å²) in [6.07, 6.45) is 10.1. The maximum Gasteiger partial charge on any atom is 0.149 e. The van der Waals surface area contributed by atoms with Gasteiger partial charge in [-0.15, -0.1) is 0 Å². The number of rotatable bonds is 1. The zero-order valence-corrected chi connectivity index (χ0v) is 16.6. The monoisotopic (exact) mass is 371 g/mol. The molecule has 0 saturated heterocycles. The molecule has 2 aliphatic carbocycles. The van der Waals surface area contributed by atoms with E-state index in [0.29, 0.717) is 11.8 Å². The van der Waals surface area contributed by atoms with E-state index < -0.39 is 0 Å². The summed E-state index contributed by atoms with van der Waals surface area (Å²) in [5.41, 5.74) is 7.43. The fourth-order valence-corrected chi connectivity index (χ4v) is 6.57. The number of fused-ring (bicyclic) bond motifs is 3. The van der Waals surface area contributed by atoms with Crippen molar-refractivity contribution in [1.29, 1.82) is 0 Å². The third-order valence-electron chi connectivity index (χ3n) is 7.65. The van der Waals surface area contributed by atoms with Crippen molar-refractivity contribution < 1.29 is 4.74 Å². The predicted octanol–water partition coefficient (Wildman–Crippen LogP) is 6.54. The van der Waals surface area contributed by atoms with Crippen LogP contribution in [0.15, 0.2) is 65.9 Å². The Bertz CT molecular complexity index is 917. The van der Waals surface area contributed by atoms with Crippen molar-refractivity contribution in [1.82, 2.24) is 0 Å². The van der Waals surface area contributed by atoms with Crippen LogP contribution in [0.1, 0.15) is 68.4 Å². The third kappa shape index (κ3) is 2.30. The van der Waals surface area contributed by atoms with Gasteiger partial charge in [-0.3, -0.25) is 0 Å². The van der Waals surface area contributed by atoms with Crippen LogP contribution in [0.4, 0.5) is 5.69 Å². The third-order valence-corrected chi connectivity index (χ3v) is 7.65. The molecule has 0 amide bonds. The van der Waals surface area contributed by atoms with Crippen LogP contribution in [-0.2, 0) is 11.3 Å². The summed E-state index contributed by atoms with van der Waals surface area (Å²) in [6.45, 7) is 0.757. The number of allylic oxidation sites excluding steroid dienone is 2. The highest BCUT2D eigenvalue weighted by atomic mass is 16.5. The standard InChI is InChI=1S/C26H29NO/c1-2-10-19(11-3-1)25-21-13-5-7-16-24(21)27-23-15-6-4-12-20(23)18-28-26(27)17-9-8-14-22(25)26/h1-4,6,10-12,15,22,25H,5,7-9,13-14,16-18H2/t22-,25+,26+/m0/s1. The van der Waals surface area contributed by atoms with Crippen LogP contribution in [-0.4, -0.2) is 5.72 Å². The second-order valence-corrected chi connectivity index (χ2v) is 9.02. The lowest BCUT2D eigenvalue weighted by atomic mass is 9.62. The van der Waals surface area contributed by atoms with Crippen molar-refractivity contribution in [3.05, 3.63) is 77.0 Å². The van der Waals surface area contributed by atoms with Crippen molar-refractivity contribution in [3.8, 4) is 0 Å². The number of benzene rings is 2. The number of para-hydroxylation sites is 1. The van der Waals surface area contributed by atoms with Crippen molar-refractivity contribution in [3.63, 3.8) is 0 Å². The maximum atomic E-state index is 6.89. The molecule has 144 valence electrons. The van der Waals surface area contributed by atoms with Crippen LogP contribution in [0.25, 0.3) is 0 Å². The lowest BCUT2D eigenvalue weighted by Crippen LogP contribution is -2.63. The molecule has 1 spiro atoms. The van der Waals surface area contributed by atoms with Crippen molar-refractivity contribution in [2.75, 3.05) is 4.90 Å². The van der Waals surface area contributed by atoms with Gasteiger partial charge in [-0.25, -0.2) is 0 Å². The van der Waals surface area contributed by atoms with Gasteiger partial charge in [-0.05, 0) is 62.1 Å². The van der Waals surface area contributed by atoms with Gasteiger partial charge in [0.2, 0.25) is 0 Å². The molecule has 3 atom stereocenters. The Balaban J connectivity index is 1.61. The lowest BCUT2D eigenvalue weighted by molar-refractivity contribution is -0.132. The van der Waals surface area contributed by atoms with E-state index in [1.165, 1.54) is 61.8 Å². The predicted molar refractivity (Wildman–Crippen MR) is 113 cm³/mol. The summed E-state index contributed by atoms with van der Waals surface area (Å²) in [7, 11) is 0. The van der Waals surface area contributed by atoms with E-state index in [0.717, 1.165) is 13.0 Å². The van der Waals surface area contributed by atoms with Gasteiger partial charge in [0.25, 0.3) is 0 Å². The lowest BCUT2D eigenvalue weighted by Gasteiger charge is -2.61. The summed E-state index contributed by atoms with van der Waals surface area (Å²) < 4.78 is 6.89. The molecule has 0 aromatic heterocycles. The molecule has 1 saturated carbocycles. The van der Waals surface area contributed by atoms with Crippen molar-refractivity contribution in [2.24, 2.45) is 5.92 Å². The Hall–Kier alpha value is -2.06. The zero-order chi connectivity index (χ0) is 18.6. The van der Waals surface area contributed by atoms with E-state index in [4.69, 9.17) is 4.74 Å². The van der Waals surface area contributed by atoms with Crippen LogP contribution < -0.4 is 4.90 Å². The molecule has 6 rings (SSSR count). The van der Waals surface area contributed by atoms with Gasteiger partial charge in [-0.1, -0.05) is 55.0 Å². The van der Waals surface area contributed by atoms with Gasteiger partial charge in [0.1, 0.15) is 5.72 Å². The average Bonchev–Trinajstić information content (AvgIpc) is 2.77. The van der Waals surface area contributed by atoms with Crippen LogP contribution in [0.3, 0.4) is 0 Å². The first-order valence-electron chi connectivity index (χ1n) is 11.2. The Morgan fingerprint density at radius 3 is 2.61 bits per heavy atom. The fourth-order valence-electron chi connectivity index (χ4n) is 6.57. The van der Waals surface area contributed by atoms with Gasteiger partial charge < -0.3 is 9.64 Å². The minimum atomic E-state index is -0.150. The highest BCUT2D eigenvalue weighted by Gasteiger charge is 2.57. The molecule has 0 bridgehead atoms. The molecular weight excluding hydrogens is 342 g/mol. The Kier molecular flexibility index (Phi) is 3.91. The smallest absolute Gasteiger partial charge is 0.149 e. The fraction of sp³-hybridized carbons (Fsp3) is 0.462. The number of hydrogen-bond donors (Lipinski definition) is 0. The Morgan fingerprint density at radius 2 is 1.68 bits per heavy atom. The molecule has 2 aliphatic heterocycles. The van der Waals surface area contributed by atoms with E-state index in [2.05, 4.69) is 59.5 Å². The molecule has 2 aromatic rings. The molecular formula is C26H29NO. The highest BCUT2D eigenvalue weighted by molar-refractivity contribution is 5.64. The quantitative estimate of drug-likeness (QED) is 0.564. The normalized spacial score (nSPS) is 31.5. The second-order valence-electron chi connectivity index (χ2n) is 9.02. The summed E-state index contributed by atoms with van der Waals surface area (Å²) in [6, 6.07) is 20.3. The molecule has 0 radical (unpaired) electrons. The van der Waals surface area contributed by atoms with Crippen LogP contribution in [0, 0.1) is 5.92 Å². The molecule has 2 nitrogen and oxygen atoms in total. The minimum absolute atomic E-state index is 0.150. The van der Waals surface area contributed by atoms with E-state index in [9.17, 15) is 0 Å². The number of ether oxygens (including phenoxy) is 1. The van der Waals surface area contributed by atoms with Gasteiger partial charge in [0.15, 0.2) is 0 Å². The molecule has 0 N–H and O–H groups in total. The average molecular weight is 372 g/mol. The molecule has 0 unspecified atom stereocenters. The van der Waals surface area contributed by atoms with E-state index in [-0.39, 0.29) is 5.72 Å². The summed E-state index contributed by atoms with van der Waals surface area (Å²) in [4.78, 5) is 2.70. The first-order valence-corrected chi connectivity index (χ1v) is 11.2. The Morgan fingerprint density at radius 1 is 0.857 bits per heavy atom. The highest BCUT2D eigenvalue weighted by Crippen LogP contribution is 2.60. The molecule has 28 heavy (non-hydrogen) atoms.